The third-order valence-corrected chi connectivity index (χ3v) is 2.98. The van der Waals surface area contributed by atoms with Gasteiger partial charge in [-0.2, -0.15) is 0 Å². The predicted octanol–water partition coefficient (Wildman–Crippen LogP) is 2.37. The fourth-order valence-corrected chi connectivity index (χ4v) is 1.94. The summed E-state index contributed by atoms with van der Waals surface area (Å²) in [7, 11) is 0. The molecule has 1 aliphatic heterocycles. The van der Waals surface area contributed by atoms with E-state index in [9.17, 15) is 4.79 Å². The lowest BCUT2D eigenvalue weighted by molar-refractivity contribution is -0.150. The molecule has 0 aromatic heterocycles. The summed E-state index contributed by atoms with van der Waals surface area (Å²) in [4.78, 5) is 11.1. The van der Waals surface area contributed by atoms with Crippen molar-refractivity contribution in [2.45, 2.75) is 13.3 Å². The van der Waals surface area contributed by atoms with E-state index in [-0.39, 0.29) is 6.61 Å². The predicted molar refractivity (Wildman–Crippen MR) is 56.4 cm³/mol. The molecule has 0 saturated heterocycles. The number of carboxylic acid groups (broad SMARTS) is 1. The monoisotopic (exact) mass is 226 g/mol. The Morgan fingerprint density at radius 1 is 1.60 bits per heavy atom. The molecule has 0 bridgehead atoms. The zero-order valence-electron chi connectivity index (χ0n) is 8.29. The highest BCUT2D eigenvalue weighted by Crippen LogP contribution is 2.38. The second kappa shape index (κ2) is 3.42. The molecule has 80 valence electrons. The van der Waals surface area contributed by atoms with Crippen molar-refractivity contribution in [1.29, 1.82) is 0 Å². The highest BCUT2D eigenvalue weighted by atomic mass is 35.5. The zero-order chi connectivity index (χ0) is 11.1. The minimum Gasteiger partial charge on any atom is -0.491 e. The third-order valence-electron chi connectivity index (χ3n) is 2.68. The number of rotatable bonds is 1. The van der Waals surface area contributed by atoms with Gasteiger partial charge in [0.15, 0.2) is 0 Å². The number of fused-ring (bicyclic) bond motifs is 1. The van der Waals surface area contributed by atoms with E-state index in [1.54, 1.807) is 19.1 Å². The second-order valence-corrected chi connectivity index (χ2v) is 4.47. The second-order valence-electron chi connectivity index (χ2n) is 4.06. The standard InChI is InChI=1S/C11H11ClO3/c1-11(10(13)14)5-7-3-2-4-8(12)9(7)15-6-11/h2-4H,5-6H2,1H3,(H,13,14). The summed E-state index contributed by atoms with van der Waals surface area (Å²) >= 11 is 5.94. The van der Waals surface area contributed by atoms with Gasteiger partial charge in [0.1, 0.15) is 17.8 Å². The van der Waals surface area contributed by atoms with Crippen LogP contribution in [0.3, 0.4) is 0 Å². The Balaban J connectivity index is 2.39. The molecule has 0 fully saturated rings. The molecule has 1 N–H and O–H groups in total. The molecule has 1 aromatic carbocycles. The largest absolute Gasteiger partial charge is 0.491 e. The van der Waals surface area contributed by atoms with Gasteiger partial charge in [-0.05, 0) is 25.0 Å². The van der Waals surface area contributed by atoms with E-state index >= 15 is 0 Å². The fraction of sp³-hybridized carbons (Fsp3) is 0.364. The SMILES string of the molecule is CC1(C(=O)O)COc2c(Cl)cccc2C1. The van der Waals surface area contributed by atoms with Crippen LogP contribution in [0.1, 0.15) is 12.5 Å². The van der Waals surface area contributed by atoms with Crippen LogP contribution < -0.4 is 4.74 Å². The van der Waals surface area contributed by atoms with E-state index in [1.807, 2.05) is 6.07 Å². The first kappa shape index (κ1) is 10.3. The van der Waals surface area contributed by atoms with Gasteiger partial charge < -0.3 is 9.84 Å². The number of benzene rings is 1. The summed E-state index contributed by atoms with van der Waals surface area (Å²) in [5.41, 5.74) is 0.0103. The number of carboxylic acids is 1. The molecule has 1 unspecified atom stereocenters. The number of hydrogen-bond donors (Lipinski definition) is 1. The maximum absolute atomic E-state index is 11.1. The number of carbonyl (C=O) groups is 1. The third kappa shape index (κ3) is 1.67. The molecule has 0 spiro atoms. The molecule has 2 rings (SSSR count). The molecular formula is C11H11ClO3. The highest BCUT2D eigenvalue weighted by molar-refractivity contribution is 6.32. The lowest BCUT2D eigenvalue weighted by atomic mass is 9.82. The van der Waals surface area contributed by atoms with Crippen molar-refractivity contribution in [1.82, 2.24) is 0 Å². The van der Waals surface area contributed by atoms with Crippen molar-refractivity contribution in [2.75, 3.05) is 6.61 Å². The maximum atomic E-state index is 11.1. The quantitative estimate of drug-likeness (QED) is 0.800. The van der Waals surface area contributed by atoms with Gasteiger partial charge in [0.2, 0.25) is 0 Å². The lowest BCUT2D eigenvalue weighted by Crippen LogP contribution is -2.39. The van der Waals surface area contributed by atoms with Crippen LogP contribution in [-0.2, 0) is 11.2 Å². The van der Waals surface area contributed by atoms with Gasteiger partial charge >= 0.3 is 5.97 Å². The van der Waals surface area contributed by atoms with E-state index in [0.717, 1.165) is 5.56 Å². The summed E-state index contributed by atoms with van der Waals surface area (Å²) in [5, 5.41) is 9.62. The van der Waals surface area contributed by atoms with Crippen LogP contribution in [0.4, 0.5) is 0 Å². The molecule has 15 heavy (non-hydrogen) atoms. The van der Waals surface area contributed by atoms with E-state index in [1.165, 1.54) is 0 Å². The topological polar surface area (TPSA) is 46.5 Å². The van der Waals surface area contributed by atoms with Gasteiger partial charge in [0, 0.05) is 0 Å². The number of halogens is 1. The zero-order valence-corrected chi connectivity index (χ0v) is 9.04. The molecule has 1 aromatic rings. The summed E-state index contributed by atoms with van der Waals surface area (Å²) in [6, 6.07) is 5.39. The first-order valence-electron chi connectivity index (χ1n) is 4.66. The molecule has 0 radical (unpaired) electrons. The molecule has 3 nitrogen and oxygen atoms in total. The highest BCUT2D eigenvalue weighted by Gasteiger charge is 2.38. The Labute approximate surface area is 92.6 Å². The average molecular weight is 227 g/mol. The normalized spacial score (nSPS) is 24.1. The van der Waals surface area contributed by atoms with E-state index in [4.69, 9.17) is 21.4 Å². The van der Waals surface area contributed by atoms with Crippen molar-refractivity contribution in [3.63, 3.8) is 0 Å². The average Bonchev–Trinajstić information content (AvgIpc) is 2.17. The molecular weight excluding hydrogens is 216 g/mol. The van der Waals surface area contributed by atoms with Gasteiger partial charge in [-0.15, -0.1) is 0 Å². The fourth-order valence-electron chi connectivity index (χ4n) is 1.69. The summed E-state index contributed by atoms with van der Waals surface area (Å²) in [6.07, 6.45) is 0.457. The Kier molecular flexibility index (Phi) is 2.35. The minimum absolute atomic E-state index is 0.166. The lowest BCUT2D eigenvalue weighted by Gasteiger charge is -2.31. The first-order valence-corrected chi connectivity index (χ1v) is 5.04. The van der Waals surface area contributed by atoms with Crippen molar-refractivity contribution in [2.24, 2.45) is 5.41 Å². The summed E-state index contributed by atoms with van der Waals surface area (Å²) in [6.45, 7) is 1.85. The van der Waals surface area contributed by atoms with Crippen LogP contribution in [0.25, 0.3) is 0 Å². The number of para-hydroxylation sites is 1. The Bertz CT molecular complexity index is 416. The summed E-state index contributed by atoms with van der Waals surface area (Å²) < 4.78 is 5.42. The molecule has 1 aliphatic rings. The van der Waals surface area contributed by atoms with Crippen LogP contribution in [0.2, 0.25) is 5.02 Å². The van der Waals surface area contributed by atoms with Gasteiger partial charge in [0.05, 0.1) is 5.02 Å². The molecule has 0 amide bonds. The Morgan fingerprint density at radius 2 is 2.33 bits per heavy atom. The molecule has 4 heteroatoms. The summed E-state index contributed by atoms with van der Waals surface area (Å²) in [5.74, 6) is -0.217. The Morgan fingerprint density at radius 3 is 3.00 bits per heavy atom. The minimum atomic E-state index is -0.850. The van der Waals surface area contributed by atoms with Gasteiger partial charge in [-0.25, -0.2) is 0 Å². The molecule has 0 saturated carbocycles. The smallest absolute Gasteiger partial charge is 0.313 e. The van der Waals surface area contributed by atoms with Crippen molar-refractivity contribution < 1.29 is 14.6 Å². The van der Waals surface area contributed by atoms with Crippen LogP contribution in [-0.4, -0.2) is 17.7 Å². The van der Waals surface area contributed by atoms with Gasteiger partial charge in [-0.1, -0.05) is 23.7 Å². The maximum Gasteiger partial charge on any atom is 0.313 e. The van der Waals surface area contributed by atoms with E-state index < -0.39 is 11.4 Å². The van der Waals surface area contributed by atoms with Gasteiger partial charge in [-0.3, -0.25) is 4.79 Å². The first-order chi connectivity index (χ1) is 7.03. The van der Waals surface area contributed by atoms with E-state index in [2.05, 4.69) is 0 Å². The van der Waals surface area contributed by atoms with Crippen LogP contribution in [0.15, 0.2) is 18.2 Å². The number of hydrogen-bond acceptors (Lipinski definition) is 2. The van der Waals surface area contributed by atoms with Crippen LogP contribution in [0.5, 0.6) is 5.75 Å². The molecule has 1 atom stereocenters. The number of aliphatic carboxylic acids is 1. The van der Waals surface area contributed by atoms with Crippen LogP contribution in [0, 0.1) is 5.41 Å². The van der Waals surface area contributed by atoms with Crippen LogP contribution >= 0.6 is 11.6 Å². The molecule has 0 aliphatic carbocycles. The van der Waals surface area contributed by atoms with Crippen molar-refractivity contribution >= 4 is 17.6 Å². The van der Waals surface area contributed by atoms with Crippen molar-refractivity contribution in [3.8, 4) is 5.75 Å². The Hall–Kier alpha value is -1.22. The van der Waals surface area contributed by atoms with Crippen molar-refractivity contribution in [3.05, 3.63) is 28.8 Å². The molecule has 1 heterocycles. The van der Waals surface area contributed by atoms with Gasteiger partial charge in [0.25, 0.3) is 0 Å². The van der Waals surface area contributed by atoms with E-state index in [0.29, 0.717) is 17.2 Å². The number of ether oxygens (including phenoxy) is 1.